The van der Waals surface area contributed by atoms with Crippen LogP contribution in [-0.4, -0.2) is 47.7 Å². The molecule has 0 unspecified atom stereocenters. The van der Waals surface area contributed by atoms with Crippen molar-refractivity contribution in [1.29, 1.82) is 0 Å². The van der Waals surface area contributed by atoms with Crippen molar-refractivity contribution in [2.45, 2.75) is 64.8 Å². The summed E-state index contributed by atoms with van der Waals surface area (Å²) in [5.74, 6) is -0.743. The number of likely N-dealkylation sites (N-methyl/N-ethyl adjacent to an activating group) is 1. The van der Waals surface area contributed by atoms with Gasteiger partial charge in [-0.3, -0.25) is 9.59 Å². The van der Waals surface area contributed by atoms with E-state index in [4.69, 9.17) is 4.74 Å². The van der Waals surface area contributed by atoms with Crippen LogP contribution in [-0.2, 0) is 16.0 Å². The molecule has 0 aromatic carbocycles. The number of rotatable bonds is 5. The first kappa shape index (κ1) is 19.2. The predicted octanol–water partition coefficient (Wildman–Crippen LogP) is 3.04. The maximum absolute atomic E-state index is 12.7. The normalized spacial score (nSPS) is 15.5. The van der Waals surface area contributed by atoms with Crippen molar-refractivity contribution in [2.75, 3.05) is 14.2 Å². The molecule has 1 heterocycles. The van der Waals surface area contributed by atoms with E-state index in [1.807, 2.05) is 7.05 Å². The van der Waals surface area contributed by atoms with E-state index >= 15 is 0 Å². The third-order valence-corrected chi connectivity index (χ3v) is 5.16. The van der Waals surface area contributed by atoms with Crippen molar-refractivity contribution in [1.82, 2.24) is 9.88 Å². The zero-order chi connectivity index (χ0) is 18.6. The van der Waals surface area contributed by atoms with Gasteiger partial charge in [-0.1, -0.05) is 25.7 Å². The molecule has 138 valence electrons. The number of hydrogen-bond donors (Lipinski definition) is 1. The van der Waals surface area contributed by atoms with E-state index in [-0.39, 0.29) is 24.2 Å². The van der Waals surface area contributed by atoms with Gasteiger partial charge in [0.05, 0.1) is 24.8 Å². The summed E-state index contributed by atoms with van der Waals surface area (Å²) in [4.78, 5) is 41.4. The number of H-pyrrole nitrogens is 1. The summed E-state index contributed by atoms with van der Waals surface area (Å²) in [7, 11) is 3.13. The summed E-state index contributed by atoms with van der Waals surface area (Å²) in [6.45, 7) is 3.13. The number of aromatic nitrogens is 1. The molecule has 0 spiro atoms. The van der Waals surface area contributed by atoms with Crippen LogP contribution in [0.4, 0.5) is 0 Å². The van der Waals surface area contributed by atoms with Crippen molar-refractivity contribution in [3.63, 3.8) is 0 Å². The maximum atomic E-state index is 12.7. The molecule has 1 aliphatic rings. The van der Waals surface area contributed by atoms with Crippen molar-refractivity contribution in [3.05, 3.63) is 22.5 Å². The highest BCUT2D eigenvalue weighted by Gasteiger charge is 2.27. The monoisotopic (exact) mass is 348 g/mol. The maximum Gasteiger partial charge on any atom is 0.339 e. The Morgan fingerprint density at radius 2 is 1.76 bits per heavy atom. The standard InChI is InChI=1S/C19H28N2O4/c1-12-17(19(24)25-4)15(20-18(12)13(2)22)11-16(23)21(3)14-9-7-5-6-8-10-14/h14,20H,5-11H2,1-4H3. The first-order chi connectivity index (χ1) is 11.9. The van der Waals surface area contributed by atoms with Gasteiger partial charge in [0.1, 0.15) is 0 Å². The van der Waals surface area contributed by atoms with Gasteiger partial charge in [0, 0.05) is 25.7 Å². The van der Waals surface area contributed by atoms with Gasteiger partial charge in [-0.2, -0.15) is 0 Å². The molecule has 2 rings (SSSR count). The number of ketones is 1. The Balaban J connectivity index is 2.23. The van der Waals surface area contributed by atoms with E-state index in [2.05, 4.69) is 4.98 Å². The number of hydrogen-bond acceptors (Lipinski definition) is 4. The topological polar surface area (TPSA) is 79.5 Å². The fourth-order valence-electron chi connectivity index (χ4n) is 3.65. The minimum absolute atomic E-state index is 0.0478. The second-order valence-electron chi connectivity index (χ2n) is 6.85. The van der Waals surface area contributed by atoms with Gasteiger partial charge in [-0.15, -0.1) is 0 Å². The number of ether oxygens (including phenoxy) is 1. The molecule has 6 heteroatoms. The highest BCUT2D eigenvalue weighted by atomic mass is 16.5. The van der Waals surface area contributed by atoms with Crippen LogP contribution in [0, 0.1) is 6.92 Å². The summed E-state index contributed by atoms with van der Waals surface area (Å²) < 4.78 is 4.83. The van der Waals surface area contributed by atoms with E-state index in [9.17, 15) is 14.4 Å². The molecule has 1 aliphatic carbocycles. The van der Waals surface area contributed by atoms with Crippen LogP contribution in [0.2, 0.25) is 0 Å². The highest BCUT2D eigenvalue weighted by Crippen LogP contribution is 2.24. The minimum atomic E-state index is -0.527. The minimum Gasteiger partial charge on any atom is -0.465 e. The van der Waals surface area contributed by atoms with Crippen LogP contribution in [0.1, 0.15) is 77.6 Å². The highest BCUT2D eigenvalue weighted by molar-refractivity contribution is 6.01. The van der Waals surface area contributed by atoms with Crippen molar-refractivity contribution in [2.24, 2.45) is 0 Å². The number of carbonyl (C=O) groups is 3. The molecule has 6 nitrogen and oxygen atoms in total. The Kier molecular flexibility index (Phi) is 6.39. The number of esters is 1. The Morgan fingerprint density at radius 3 is 2.28 bits per heavy atom. The number of amides is 1. The lowest BCUT2D eigenvalue weighted by Gasteiger charge is -2.27. The number of Topliss-reactive ketones (excluding diaryl/α,β-unsaturated/α-hetero) is 1. The lowest BCUT2D eigenvalue weighted by Crippen LogP contribution is -2.38. The van der Waals surface area contributed by atoms with Crippen LogP contribution in [0.15, 0.2) is 0 Å². The van der Waals surface area contributed by atoms with Gasteiger partial charge in [0.25, 0.3) is 0 Å². The zero-order valence-corrected chi connectivity index (χ0v) is 15.6. The Labute approximate surface area is 148 Å². The molecule has 0 saturated heterocycles. The number of aromatic amines is 1. The van der Waals surface area contributed by atoms with Gasteiger partial charge >= 0.3 is 5.97 Å². The summed E-state index contributed by atoms with van der Waals surface area (Å²) in [6, 6.07) is 0.250. The lowest BCUT2D eigenvalue weighted by atomic mass is 10.0. The molecule has 0 bridgehead atoms. The van der Waals surface area contributed by atoms with Crippen LogP contribution in [0.3, 0.4) is 0 Å². The van der Waals surface area contributed by atoms with Gasteiger partial charge in [0.15, 0.2) is 5.78 Å². The van der Waals surface area contributed by atoms with Crippen molar-refractivity contribution in [3.8, 4) is 0 Å². The van der Waals surface area contributed by atoms with Crippen LogP contribution in [0.25, 0.3) is 0 Å². The summed E-state index contributed by atoms with van der Waals surface area (Å²) >= 11 is 0. The SMILES string of the molecule is COC(=O)c1c(CC(=O)N(C)C2CCCCCC2)[nH]c(C(C)=O)c1C. The quantitative estimate of drug-likeness (QED) is 0.504. The largest absolute Gasteiger partial charge is 0.465 e. The predicted molar refractivity (Wildman–Crippen MR) is 94.8 cm³/mol. The van der Waals surface area contributed by atoms with E-state index in [0.717, 1.165) is 25.7 Å². The lowest BCUT2D eigenvalue weighted by molar-refractivity contribution is -0.131. The summed E-state index contributed by atoms with van der Waals surface area (Å²) in [5, 5.41) is 0. The molecule has 25 heavy (non-hydrogen) atoms. The van der Waals surface area contributed by atoms with Gasteiger partial charge in [-0.25, -0.2) is 4.79 Å². The second kappa shape index (κ2) is 8.32. The van der Waals surface area contributed by atoms with E-state index < -0.39 is 5.97 Å². The molecule has 1 aromatic heterocycles. The van der Waals surface area contributed by atoms with Gasteiger partial charge in [0.2, 0.25) is 5.91 Å². The van der Waals surface area contributed by atoms with E-state index in [1.54, 1.807) is 11.8 Å². The zero-order valence-electron chi connectivity index (χ0n) is 15.6. The number of nitrogens with one attached hydrogen (secondary N) is 1. The average Bonchev–Trinajstić information content (AvgIpc) is 2.77. The molecule has 0 radical (unpaired) electrons. The number of nitrogens with zero attached hydrogens (tertiary/aromatic N) is 1. The Hall–Kier alpha value is -2.11. The van der Waals surface area contributed by atoms with Crippen molar-refractivity contribution < 1.29 is 19.1 Å². The van der Waals surface area contributed by atoms with Crippen LogP contribution in [0.5, 0.6) is 0 Å². The average molecular weight is 348 g/mol. The Morgan fingerprint density at radius 1 is 1.16 bits per heavy atom. The Bertz CT molecular complexity index is 655. The molecule has 1 N–H and O–H groups in total. The molecule has 1 amide bonds. The molecule has 1 saturated carbocycles. The smallest absolute Gasteiger partial charge is 0.339 e. The first-order valence-corrected chi connectivity index (χ1v) is 8.93. The van der Waals surface area contributed by atoms with Crippen molar-refractivity contribution >= 4 is 17.7 Å². The summed E-state index contributed by atoms with van der Waals surface area (Å²) in [6.07, 6.45) is 6.85. The van der Waals surface area contributed by atoms with Gasteiger partial charge in [-0.05, 0) is 25.3 Å². The first-order valence-electron chi connectivity index (χ1n) is 8.93. The fourth-order valence-corrected chi connectivity index (χ4v) is 3.65. The molecule has 0 atom stereocenters. The molecule has 1 aromatic rings. The fraction of sp³-hybridized carbons (Fsp3) is 0.632. The third kappa shape index (κ3) is 4.30. The molecule has 1 fully saturated rings. The molecular formula is C19H28N2O4. The second-order valence-corrected chi connectivity index (χ2v) is 6.85. The van der Waals surface area contributed by atoms with Crippen LogP contribution < -0.4 is 0 Å². The molecule has 0 aliphatic heterocycles. The number of carbonyl (C=O) groups excluding carboxylic acids is 3. The molecular weight excluding hydrogens is 320 g/mol. The van der Waals surface area contributed by atoms with E-state index in [1.165, 1.54) is 26.9 Å². The summed E-state index contributed by atoms with van der Waals surface area (Å²) in [5.41, 5.74) is 1.66. The van der Waals surface area contributed by atoms with E-state index in [0.29, 0.717) is 22.5 Å². The number of methoxy groups -OCH3 is 1. The third-order valence-electron chi connectivity index (χ3n) is 5.16. The van der Waals surface area contributed by atoms with Gasteiger partial charge < -0.3 is 14.6 Å². The van der Waals surface area contributed by atoms with Crippen LogP contribution >= 0.6 is 0 Å².